The van der Waals surface area contributed by atoms with Crippen molar-refractivity contribution >= 4 is 20.5 Å². The molecule has 2 aromatic carbocycles. The van der Waals surface area contributed by atoms with Crippen LogP contribution in [0.3, 0.4) is 0 Å². The minimum absolute atomic E-state index is 0.258. The van der Waals surface area contributed by atoms with E-state index in [2.05, 4.69) is 19.4 Å². The second-order valence-corrected chi connectivity index (χ2v) is 8.10. The molecule has 1 heterocycles. The van der Waals surface area contributed by atoms with Crippen molar-refractivity contribution in [1.29, 1.82) is 0 Å². The van der Waals surface area contributed by atoms with E-state index in [9.17, 15) is 23.5 Å². The molecule has 168 valence electrons. The monoisotopic (exact) mass is 459 g/mol. The molecule has 0 saturated heterocycles. The largest absolute Gasteiger partial charge is 0.502 e. The molecule has 3 aromatic rings. The lowest BCUT2D eigenvalue weighted by Gasteiger charge is -2.26. The van der Waals surface area contributed by atoms with Gasteiger partial charge in [-0.15, -0.1) is 9.24 Å². The number of benzene rings is 2. The fourth-order valence-electron chi connectivity index (χ4n) is 3.60. The molecule has 2 N–H and O–H groups in total. The van der Waals surface area contributed by atoms with Gasteiger partial charge in [0.1, 0.15) is 0 Å². The molecule has 0 radical (unpaired) electrons. The first-order valence-electron chi connectivity index (χ1n) is 10.2. The number of carbonyl (C=O) groups is 1. The van der Waals surface area contributed by atoms with Gasteiger partial charge in [0.15, 0.2) is 23.1 Å². The lowest BCUT2D eigenvalue weighted by molar-refractivity contribution is 0.0741. The van der Waals surface area contributed by atoms with Gasteiger partial charge in [0.2, 0.25) is 5.43 Å². The van der Waals surface area contributed by atoms with Gasteiger partial charge < -0.3 is 10.0 Å². The van der Waals surface area contributed by atoms with E-state index in [1.165, 1.54) is 17.0 Å². The summed E-state index contributed by atoms with van der Waals surface area (Å²) in [5.41, 5.74) is 0.453. The first kappa shape index (κ1) is 23.5. The first-order chi connectivity index (χ1) is 15.3. The number of rotatable bonds is 8. The average molecular weight is 459 g/mol. The number of aromatic nitrogens is 2. The number of aromatic amines is 1. The van der Waals surface area contributed by atoms with Gasteiger partial charge in [0, 0.05) is 19.0 Å². The van der Waals surface area contributed by atoms with E-state index in [-0.39, 0.29) is 18.2 Å². The molecular weight excluding hydrogens is 435 g/mol. The molecule has 0 aliphatic heterocycles. The van der Waals surface area contributed by atoms with E-state index >= 15 is 0 Å². The van der Waals surface area contributed by atoms with Crippen molar-refractivity contribution in [2.24, 2.45) is 0 Å². The van der Waals surface area contributed by atoms with Gasteiger partial charge in [0.25, 0.3) is 5.91 Å². The highest BCUT2D eigenvalue weighted by molar-refractivity contribution is 7.27. The van der Waals surface area contributed by atoms with Crippen LogP contribution in [0.4, 0.5) is 8.78 Å². The SMILES string of the molecule is CCCN(CCC(c1cccc(P)c1)c1ccc(F)c(F)c1)C(=O)c1[nH]ncc(=O)c1O. The second-order valence-electron chi connectivity index (χ2n) is 7.43. The summed E-state index contributed by atoms with van der Waals surface area (Å²) < 4.78 is 27.5. The maximum absolute atomic E-state index is 14.0. The zero-order valence-electron chi connectivity index (χ0n) is 17.5. The van der Waals surface area contributed by atoms with Crippen LogP contribution in [0, 0.1) is 11.6 Å². The zero-order valence-corrected chi connectivity index (χ0v) is 18.7. The molecular formula is C23H24F2N3O3P. The second kappa shape index (κ2) is 10.5. The lowest BCUT2D eigenvalue weighted by Crippen LogP contribution is -2.35. The number of hydrogen-bond acceptors (Lipinski definition) is 4. The van der Waals surface area contributed by atoms with E-state index < -0.39 is 28.7 Å². The number of H-pyrrole nitrogens is 1. The molecule has 0 spiro atoms. The molecule has 32 heavy (non-hydrogen) atoms. The van der Waals surface area contributed by atoms with Crippen LogP contribution in [-0.4, -0.2) is 39.2 Å². The Bertz CT molecular complexity index is 1170. The molecule has 9 heteroatoms. The Balaban J connectivity index is 1.91. The Kier molecular flexibility index (Phi) is 7.70. The fraction of sp³-hybridized carbons (Fsp3) is 0.261. The third-order valence-corrected chi connectivity index (χ3v) is 5.53. The Morgan fingerprint density at radius 2 is 1.91 bits per heavy atom. The average Bonchev–Trinajstić information content (AvgIpc) is 2.77. The van der Waals surface area contributed by atoms with Crippen LogP contribution >= 0.6 is 9.24 Å². The number of halogens is 2. The van der Waals surface area contributed by atoms with Crippen molar-refractivity contribution in [1.82, 2.24) is 15.1 Å². The Labute approximate surface area is 186 Å². The Morgan fingerprint density at radius 1 is 1.16 bits per heavy atom. The predicted molar refractivity (Wildman–Crippen MR) is 121 cm³/mol. The summed E-state index contributed by atoms with van der Waals surface area (Å²) in [4.78, 5) is 26.2. The van der Waals surface area contributed by atoms with Gasteiger partial charge in [0.05, 0.1) is 6.20 Å². The van der Waals surface area contributed by atoms with Gasteiger partial charge >= 0.3 is 0 Å². The van der Waals surface area contributed by atoms with E-state index in [0.717, 1.165) is 23.1 Å². The summed E-state index contributed by atoms with van der Waals surface area (Å²) in [5.74, 6) is -3.41. The van der Waals surface area contributed by atoms with Crippen molar-refractivity contribution in [2.75, 3.05) is 13.1 Å². The third kappa shape index (κ3) is 5.37. The summed E-state index contributed by atoms with van der Waals surface area (Å²) >= 11 is 0. The lowest BCUT2D eigenvalue weighted by atomic mass is 9.88. The summed E-state index contributed by atoms with van der Waals surface area (Å²) in [6.07, 6.45) is 1.95. The van der Waals surface area contributed by atoms with Crippen LogP contribution in [0.5, 0.6) is 5.75 Å². The highest BCUT2D eigenvalue weighted by atomic mass is 31.0. The topological polar surface area (TPSA) is 86.3 Å². The van der Waals surface area contributed by atoms with Crippen molar-refractivity contribution < 1.29 is 18.7 Å². The van der Waals surface area contributed by atoms with Gasteiger partial charge in [-0.05, 0) is 41.4 Å². The number of nitrogens with one attached hydrogen (secondary N) is 1. The molecule has 0 saturated carbocycles. The summed E-state index contributed by atoms with van der Waals surface area (Å²) in [6, 6.07) is 11.4. The van der Waals surface area contributed by atoms with Crippen LogP contribution in [0.25, 0.3) is 0 Å². The molecule has 3 rings (SSSR count). The Morgan fingerprint density at radius 3 is 2.59 bits per heavy atom. The predicted octanol–water partition coefficient (Wildman–Crippen LogP) is 3.33. The van der Waals surface area contributed by atoms with Gasteiger partial charge in [-0.2, -0.15) is 5.10 Å². The standard InChI is InChI=1S/C23H24F2N3O3P/c1-2-9-28(23(31)21-22(30)20(29)13-26-27-21)10-8-17(14-4-3-5-16(32)11-14)15-6-7-18(24)19(25)12-15/h3-7,11-13,17H,2,8-10,32H2,1H3,(H,26,30)(H,27,29). The van der Waals surface area contributed by atoms with Crippen LogP contribution in [-0.2, 0) is 0 Å². The highest BCUT2D eigenvalue weighted by Crippen LogP contribution is 2.29. The molecule has 2 unspecified atom stereocenters. The summed E-state index contributed by atoms with van der Waals surface area (Å²) in [5, 5.41) is 16.9. The van der Waals surface area contributed by atoms with E-state index in [1.807, 2.05) is 31.2 Å². The fourth-order valence-corrected chi connectivity index (χ4v) is 3.90. The van der Waals surface area contributed by atoms with Crippen LogP contribution in [0.15, 0.2) is 53.5 Å². The molecule has 0 bridgehead atoms. The number of hydrogen-bond donors (Lipinski definition) is 2. The molecule has 2 atom stereocenters. The summed E-state index contributed by atoms with van der Waals surface area (Å²) in [7, 11) is 2.61. The summed E-state index contributed by atoms with van der Waals surface area (Å²) in [6.45, 7) is 2.54. The number of aromatic hydroxyl groups is 1. The molecule has 0 fully saturated rings. The van der Waals surface area contributed by atoms with Gasteiger partial charge in [-0.1, -0.05) is 37.3 Å². The molecule has 0 aliphatic carbocycles. The number of nitrogens with zero attached hydrogens (tertiary/aromatic N) is 2. The maximum atomic E-state index is 14.0. The number of amides is 1. The minimum atomic E-state index is -0.936. The molecule has 6 nitrogen and oxygen atoms in total. The number of carbonyl (C=O) groups excluding carboxylic acids is 1. The van der Waals surface area contributed by atoms with Crippen molar-refractivity contribution in [2.45, 2.75) is 25.7 Å². The highest BCUT2D eigenvalue weighted by Gasteiger charge is 2.24. The quantitative estimate of drug-likeness (QED) is 0.506. The third-order valence-electron chi connectivity index (χ3n) is 5.17. The zero-order chi connectivity index (χ0) is 23.3. The minimum Gasteiger partial charge on any atom is -0.502 e. The maximum Gasteiger partial charge on any atom is 0.275 e. The van der Waals surface area contributed by atoms with Gasteiger partial charge in [-0.3, -0.25) is 14.7 Å². The first-order valence-corrected chi connectivity index (χ1v) is 10.8. The van der Waals surface area contributed by atoms with E-state index in [1.54, 1.807) is 0 Å². The Hall–Kier alpha value is -3.12. The molecule has 0 aliphatic rings. The van der Waals surface area contributed by atoms with Crippen molar-refractivity contribution in [3.63, 3.8) is 0 Å². The van der Waals surface area contributed by atoms with E-state index in [0.29, 0.717) is 24.9 Å². The van der Waals surface area contributed by atoms with Crippen LogP contribution in [0.2, 0.25) is 0 Å². The molecule has 1 aromatic heterocycles. The van der Waals surface area contributed by atoms with Crippen LogP contribution in [0.1, 0.15) is 47.3 Å². The normalized spacial score (nSPS) is 11.9. The molecule has 1 amide bonds. The smallest absolute Gasteiger partial charge is 0.275 e. The van der Waals surface area contributed by atoms with Crippen molar-refractivity contribution in [3.8, 4) is 5.75 Å². The van der Waals surface area contributed by atoms with E-state index in [4.69, 9.17) is 0 Å². The van der Waals surface area contributed by atoms with Gasteiger partial charge in [-0.25, -0.2) is 8.78 Å². The van der Waals surface area contributed by atoms with Crippen LogP contribution < -0.4 is 10.7 Å². The van der Waals surface area contributed by atoms with Crippen molar-refractivity contribution in [3.05, 3.63) is 87.3 Å².